The number of nitrogens with one attached hydrogen (secondary N) is 1. The molecule has 1 N–H and O–H groups in total. The van der Waals surface area contributed by atoms with Crippen LogP contribution in [0.3, 0.4) is 0 Å². The van der Waals surface area contributed by atoms with Gasteiger partial charge in [0, 0.05) is 6.04 Å². The molecule has 16 heavy (non-hydrogen) atoms. The number of aromatic nitrogens is 2. The molecule has 6 heteroatoms. The summed E-state index contributed by atoms with van der Waals surface area (Å²) in [6.07, 6.45) is 0.650. The van der Waals surface area contributed by atoms with Crippen LogP contribution in [0, 0.1) is 13.8 Å². The molecule has 0 amide bonds. The van der Waals surface area contributed by atoms with Crippen molar-refractivity contribution < 1.29 is 8.42 Å². The highest BCUT2D eigenvalue weighted by Crippen LogP contribution is 2.16. The molecule has 1 aliphatic heterocycles. The number of hydrogen-bond donors (Lipinski definition) is 1. The molecule has 0 radical (unpaired) electrons. The zero-order valence-corrected chi connectivity index (χ0v) is 10.2. The average Bonchev–Trinajstić information content (AvgIpc) is 2.52. The van der Waals surface area contributed by atoms with Crippen molar-refractivity contribution in [2.75, 3.05) is 16.8 Å². The summed E-state index contributed by atoms with van der Waals surface area (Å²) < 4.78 is 22.6. The van der Waals surface area contributed by atoms with E-state index in [0.29, 0.717) is 12.2 Å². The second kappa shape index (κ2) is 4.01. The highest BCUT2D eigenvalue weighted by atomic mass is 32.2. The number of sulfone groups is 1. The van der Waals surface area contributed by atoms with Crippen molar-refractivity contribution >= 4 is 15.7 Å². The molecule has 2 rings (SSSR count). The van der Waals surface area contributed by atoms with E-state index in [1.807, 2.05) is 19.9 Å². The van der Waals surface area contributed by atoms with E-state index in [1.165, 1.54) is 0 Å². The smallest absolute Gasteiger partial charge is 0.152 e. The molecule has 0 bridgehead atoms. The summed E-state index contributed by atoms with van der Waals surface area (Å²) in [6.45, 7) is 3.85. The fourth-order valence-corrected chi connectivity index (χ4v) is 3.41. The Morgan fingerprint density at radius 3 is 2.69 bits per heavy atom. The van der Waals surface area contributed by atoms with Crippen molar-refractivity contribution in [2.45, 2.75) is 26.3 Å². The van der Waals surface area contributed by atoms with Gasteiger partial charge in [-0.1, -0.05) is 0 Å². The lowest BCUT2D eigenvalue weighted by Gasteiger charge is -2.11. The molecular weight excluding hydrogens is 226 g/mol. The Bertz CT molecular complexity index is 499. The quantitative estimate of drug-likeness (QED) is 0.825. The minimum Gasteiger partial charge on any atom is -0.365 e. The number of hydrogen-bond acceptors (Lipinski definition) is 5. The monoisotopic (exact) mass is 241 g/mol. The van der Waals surface area contributed by atoms with Gasteiger partial charge in [0.25, 0.3) is 0 Å². The van der Waals surface area contributed by atoms with Crippen molar-refractivity contribution in [1.82, 2.24) is 10.2 Å². The van der Waals surface area contributed by atoms with Crippen LogP contribution in [-0.2, 0) is 9.84 Å². The number of anilines is 1. The molecule has 0 aliphatic carbocycles. The third-order valence-electron chi connectivity index (χ3n) is 2.82. The van der Waals surface area contributed by atoms with Gasteiger partial charge in [-0.2, -0.15) is 5.10 Å². The maximum Gasteiger partial charge on any atom is 0.152 e. The Labute approximate surface area is 95.2 Å². The summed E-state index contributed by atoms with van der Waals surface area (Å²) in [6, 6.07) is 1.87. The van der Waals surface area contributed by atoms with Crippen molar-refractivity contribution in [3.05, 3.63) is 17.3 Å². The number of rotatable bonds is 2. The molecule has 1 unspecified atom stereocenters. The molecule has 2 heterocycles. The van der Waals surface area contributed by atoms with E-state index in [4.69, 9.17) is 0 Å². The van der Waals surface area contributed by atoms with Gasteiger partial charge in [0.1, 0.15) is 5.82 Å². The van der Waals surface area contributed by atoms with Crippen LogP contribution in [0.1, 0.15) is 17.7 Å². The van der Waals surface area contributed by atoms with E-state index < -0.39 is 9.84 Å². The summed E-state index contributed by atoms with van der Waals surface area (Å²) in [5, 5.41) is 11.1. The van der Waals surface area contributed by atoms with Crippen LogP contribution in [0.5, 0.6) is 0 Å². The molecule has 0 saturated carbocycles. The Hall–Kier alpha value is -1.17. The zero-order chi connectivity index (χ0) is 11.8. The minimum absolute atomic E-state index is 0.0265. The number of aryl methyl sites for hydroxylation is 2. The Morgan fingerprint density at radius 2 is 2.12 bits per heavy atom. The van der Waals surface area contributed by atoms with Crippen molar-refractivity contribution in [2.24, 2.45) is 0 Å². The van der Waals surface area contributed by atoms with Crippen LogP contribution in [0.15, 0.2) is 6.07 Å². The lowest BCUT2D eigenvalue weighted by molar-refractivity contribution is 0.602. The molecule has 1 atom stereocenters. The highest BCUT2D eigenvalue weighted by molar-refractivity contribution is 7.91. The van der Waals surface area contributed by atoms with Gasteiger partial charge >= 0.3 is 0 Å². The van der Waals surface area contributed by atoms with Crippen molar-refractivity contribution in [1.29, 1.82) is 0 Å². The highest BCUT2D eigenvalue weighted by Gasteiger charge is 2.27. The first kappa shape index (κ1) is 11.3. The van der Waals surface area contributed by atoms with Gasteiger partial charge in [0.2, 0.25) is 0 Å². The van der Waals surface area contributed by atoms with Gasteiger partial charge < -0.3 is 5.32 Å². The van der Waals surface area contributed by atoms with Gasteiger partial charge in [-0.3, -0.25) is 0 Å². The van der Waals surface area contributed by atoms with Gasteiger partial charge in [0.15, 0.2) is 9.84 Å². The summed E-state index contributed by atoms with van der Waals surface area (Å²) in [4.78, 5) is 0. The summed E-state index contributed by atoms with van der Waals surface area (Å²) >= 11 is 0. The largest absolute Gasteiger partial charge is 0.365 e. The standard InChI is InChI=1S/C10H15N3O2S/c1-7-5-10(13-12-8(7)2)11-9-3-4-16(14,15)6-9/h5,9H,3-4,6H2,1-2H3,(H,11,13). The molecule has 1 fully saturated rings. The predicted octanol–water partition coefficient (Wildman–Crippen LogP) is 0.692. The summed E-state index contributed by atoms with van der Waals surface area (Å²) in [5.41, 5.74) is 1.95. The third kappa shape index (κ3) is 2.49. The molecule has 0 aromatic carbocycles. The molecule has 5 nitrogen and oxygen atoms in total. The van der Waals surface area contributed by atoms with E-state index in [0.717, 1.165) is 11.3 Å². The molecule has 1 aromatic rings. The number of nitrogens with zero attached hydrogens (tertiary/aromatic N) is 2. The fourth-order valence-electron chi connectivity index (χ4n) is 1.73. The van der Waals surface area contributed by atoms with Crippen LogP contribution >= 0.6 is 0 Å². The van der Waals surface area contributed by atoms with Gasteiger partial charge in [-0.25, -0.2) is 8.42 Å². The molecule has 88 valence electrons. The van der Waals surface area contributed by atoms with E-state index in [-0.39, 0.29) is 17.5 Å². The molecular formula is C10H15N3O2S. The molecule has 1 saturated heterocycles. The van der Waals surface area contributed by atoms with Crippen molar-refractivity contribution in [3.63, 3.8) is 0 Å². The lowest BCUT2D eigenvalue weighted by Crippen LogP contribution is -2.21. The van der Waals surface area contributed by atoms with E-state index in [2.05, 4.69) is 15.5 Å². The zero-order valence-electron chi connectivity index (χ0n) is 9.40. The Kier molecular flexibility index (Phi) is 2.84. The van der Waals surface area contributed by atoms with Gasteiger partial charge in [-0.05, 0) is 31.9 Å². The lowest BCUT2D eigenvalue weighted by atomic mass is 10.2. The van der Waals surface area contributed by atoms with Crippen LogP contribution < -0.4 is 5.32 Å². The second-order valence-corrected chi connectivity index (χ2v) is 6.47. The summed E-state index contributed by atoms with van der Waals surface area (Å²) in [7, 11) is -2.84. The Morgan fingerprint density at radius 1 is 1.38 bits per heavy atom. The van der Waals surface area contributed by atoms with Gasteiger partial charge in [0.05, 0.1) is 17.2 Å². The van der Waals surface area contributed by atoms with Crippen LogP contribution in [-0.4, -0.2) is 36.2 Å². The second-order valence-electron chi connectivity index (χ2n) is 4.24. The first-order valence-corrected chi connectivity index (χ1v) is 7.06. The Balaban J connectivity index is 2.08. The SMILES string of the molecule is Cc1cc(NC2CCS(=O)(=O)C2)nnc1C. The fraction of sp³-hybridized carbons (Fsp3) is 0.600. The maximum atomic E-state index is 11.3. The normalized spacial score (nSPS) is 23.2. The molecule has 1 aliphatic rings. The van der Waals surface area contributed by atoms with E-state index in [1.54, 1.807) is 0 Å². The summed E-state index contributed by atoms with van der Waals surface area (Å²) in [5.74, 6) is 1.12. The molecule has 1 aromatic heterocycles. The van der Waals surface area contributed by atoms with Crippen LogP contribution in [0.4, 0.5) is 5.82 Å². The first-order chi connectivity index (χ1) is 7.46. The van der Waals surface area contributed by atoms with E-state index in [9.17, 15) is 8.42 Å². The maximum absolute atomic E-state index is 11.3. The minimum atomic E-state index is -2.84. The molecule has 0 spiro atoms. The predicted molar refractivity (Wildman–Crippen MR) is 62.2 cm³/mol. The van der Waals surface area contributed by atoms with Crippen molar-refractivity contribution in [3.8, 4) is 0 Å². The van der Waals surface area contributed by atoms with Crippen LogP contribution in [0.2, 0.25) is 0 Å². The van der Waals surface area contributed by atoms with Crippen LogP contribution in [0.25, 0.3) is 0 Å². The first-order valence-electron chi connectivity index (χ1n) is 5.24. The van der Waals surface area contributed by atoms with E-state index >= 15 is 0 Å². The van der Waals surface area contributed by atoms with Gasteiger partial charge in [-0.15, -0.1) is 5.10 Å². The third-order valence-corrected chi connectivity index (χ3v) is 4.58. The topological polar surface area (TPSA) is 72.0 Å². The average molecular weight is 241 g/mol.